The minimum absolute atomic E-state index is 0.270. The van der Waals surface area contributed by atoms with Crippen LogP contribution in [0.15, 0.2) is 28.7 Å². The van der Waals surface area contributed by atoms with Crippen molar-refractivity contribution in [3.05, 3.63) is 46.9 Å². The van der Waals surface area contributed by atoms with E-state index in [4.69, 9.17) is 18.6 Å². The van der Waals surface area contributed by atoms with E-state index in [1.807, 2.05) is 31.2 Å². The maximum Gasteiger partial charge on any atom is 0.374 e. The molecule has 0 unspecified atom stereocenters. The van der Waals surface area contributed by atoms with Gasteiger partial charge in [-0.15, -0.1) is 0 Å². The van der Waals surface area contributed by atoms with Crippen LogP contribution in [0, 0.1) is 6.92 Å². The summed E-state index contributed by atoms with van der Waals surface area (Å²) >= 11 is 0. The standard InChI is InChI=1S/C18H21NO5/c1-4-19(9-13-5-6-15-16(8-13)23-11-22-15)10-14-7-12(2)17(24-14)18(20)21-3/h5-8H,4,9-11H2,1-3H3. The van der Waals surface area contributed by atoms with E-state index in [1.165, 1.54) is 7.11 Å². The number of esters is 1. The zero-order chi connectivity index (χ0) is 17.1. The Labute approximate surface area is 140 Å². The Balaban J connectivity index is 1.70. The Morgan fingerprint density at radius 3 is 2.75 bits per heavy atom. The molecule has 0 radical (unpaired) electrons. The summed E-state index contributed by atoms with van der Waals surface area (Å²) in [7, 11) is 1.35. The first-order chi connectivity index (χ1) is 11.6. The maximum atomic E-state index is 11.6. The number of furan rings is 1. The Bertz CT molecular complexity index is 737. The number of carbonyl (C=O) groups is 1. The summed E-state index contributed by atoms with van der Waals surface area (Å²) < 4.78 is 21.1. The summed E-state index contributed by atoms with van der Waals surface area (Å²) in [6.45, 7) is 6.42. The number of rotatable bonds is 6. The number of hydrogen-bond donors (Lipinski definition) is 0. The first-order valence-corrected chi connectivity index (χ1v) is 7.89. The van der Waals surface area contributed by atoms with Crippen molar-refractivity contribution in [1.29, 1.82) is 0 Å². The molecule has 2 heterocycles. The number of carbonyl (C=O) groups excluding carboxylic acids is 1. The third-order valence-electron chi connectivity index (χ3n) is 4.01. The van der Waals surface area contributed by atoms with Crippen LogP contribution < -0.4 is 9.47 Å². The van der Waals surface area contributed by atoms with E-state index < -0.39 is 5.97 Å². The second kappa shape index (κ2) is 6.97. The van der Waals surface area contributed by atoms with Crippen molar-refractivity contribution >= 4 is 5.97 Å². The minimum Gasteiger partial charge on any atom is -0.463 e. The van der Waals surface area contributed by atoms with E-state index in [0.717, 1.165) is 41.5 Å². The van der Waals surface area contributed by atoms with Crippen molar-refractivity contribution in [3.8, 4) is 11.5 Å². The van der Waals surface area contributed by atoms with Gasteiger partial charge in [0.05, 0.1) is 13.7 Å². The van der Waals surface area contributed by atoms with Gasteiger partial charge in [-0.3, -0.25) is 4.90 Å². The number of methoxy groups -OCH3 is 1. The number of nitrogens with zero attached hydrogens (tertiary/aromatic N) is 1. The van der Waals surface area contributed by atoms with Crippen LogP contribution in [0.5, 0.6) is 11.5 Å². The number of benzene rings is 1. The van der Waals surface area contributed by atoms with Gasteiger partial charge in [0.1, 0.15) is 5.76 Å². The lowest BCUT2D eigenvalue weighted by atomic mass is 10.2. The Morgan fingerprint density at radius 1 is 1.21 bits per heavy atom. The summed E-state index contributed by atoms with van der Waals surface area (Å²) in [5.41, 5.74) is 1.92. The van der Waals surface area contributed by atoms with E-state index in [-0.39, 0.29) is 12.6 Å². The first kappa shape index (κ1) is 16.4. The monoisotopic (exact) mass is 331 g/mol. The summed E-state index contributed by atoms with van der Waals surface area (Å²) in [6.07, 6.45) is 0. The van der Waals surface area contributed by atoms with Gasteiger partial charge < -0.3 is 18.6 Å². The van der Waals surface area contributed by atoms with E-state index in [2.05, 4.69) is 11.8 Å². The van der Waals surface area contributed by atoms with Crippen LogP contribution in [-0.2, 0) is 17.8 Å². The number of aryl methyl sites for hydroxylation is 1. The van der Waals surface area contributed by atoms with Crippen LogP contribution in [0.25, 0.3) is 0 Å². The molecular formula is C18H21NO5. The molecule has 1 aliphatic heterocycles. The summed E-state index contributed by atoms with van der Waals surface area (Å²) in [5, 5.41) is 0. The van der Waals surface area contributed by atoms with Gasteiger partial charge in [0.2, 0.25) is 12.6 Å². The molecule has 0 bridgehead atoms. The molecule has 6 heteroatoms. The largest absolute Gasteiger partial charge is 0.463 e. The smallest absolute Gasteiger partial charge is 0.374 e. The topological polar surface area (TPSA) is 61.1 Å². The quantitative estimate of drug-likeness (QED) is 0.758. The predicted molar refractivity (Wildman–Crippen MR) is 87.1 cm³/mol. The molecule has 1 aliphatic rings. The van der Waals surface area contributed by atoms with E-state index in [9.17, 15) is 4.79 Å². The molecule has 0 amide bonds. The zero-order valence-electron chi connectivity index (χ0n) is 14.1. The van der Waals surface area contributed by atoms with Gasteiger partial charge in [-0.2, -0.15) is 0 Å². The van der Waals surface area contributed by atoms with Crippen molar-refractivity contribution in [1.82, 2.24) is 4.90 Å². The van der Waals surface area contributed by atoms with Crippen molar-refractivity contribution in [3.63, 3.8) is 0 Å². The molecule has 0 fully saturated rings. The van der Waals surface area contributed by atoms with Crippen LogP contribution >= 0.6 is 0 Å². The normalized spacial score (nSPS) is 12.7. The lowest BCUT2D eigenvalue weighted by Crippen LogP contribution is -2.22. The van der Waals surface area contributed by atoms with Gasteiger partial charge in [-0.25, -0.2) is 4.79 Å². The minimum atomic E-state index is -0.447. The SMILES string of the molecule is CCN(Cc1ccc2c(c1)OCO2)Cc1cc(C)c(C(=O)OC)o1. The molecule has 0 N–H and O–H groups in total. The van der Waals surface area contributed by atoms with E-state index in [0.29, 0.717) is 6.54 Å². The second-order valence-electron chi connectivity index (χ2n) is 5.71. The molecule has 0 aliphatic carbocycles. The Morgan fingerprint density at radius 2 is 2.00 bits per heavy atom. The Hall–Kier alpha value is -2.47. The predicted octanol–water partition coefficient (Wildman–Crippen LogP) is 3.13. The molecule has 0 saturated carbocycles. The summed E-state index contributed by atoms with van der Waals surface area (Å²) in [4.78, 5) is 13.9. The average Bonchev–Trinajstić information content (AvgIpc) is 3.19. The third kappa shape index (κ3) is 3.38. The highest BCUT2D eigenvalue weighted by Gasteiger charge is 2.18. The fraction of sp³-hybridized carbons (Fsp3) is 0.389. The lowest BCUT2D eigenvalue weighted by molar-refractivity contribution is 0.0560. The molecule has 3 rings (SSSR count). The third-order valence-corrected chi connectivity index (χ3v) is 4.01. The fourth-order valence-electron chi connectivity index (χ4n) is 2.72. The molecule has 6 nitrogen and oxygen atoms in total. The molecule has 128 valence electrons. The average molecular weight is 331 g/mol. The molecule has 0 saturated heterocycles. The second-order valence-corrected chi connectivity index (χ2v) is 5.71. The van der Waals surface area contributed by atoms with Crippen LogP contribution in [0.2, 0.25) is 0 Å². The van der Waals surface area contributed by atoms with Crippen LogP contribution in [0.4, 0.5) is 0 Å². The molecule has 0 atom stereocenters. The van der Waals surface area contributed by atoms with Crippen LogP contribution in [0.3, 0.4) is 0 Å². The van der Waals surface area contributed by atoms with Gasteiger partial charge in [0.25, 0.3) is 0 Å². The van der Waals surface area contributed by atoms with Gasteiger partial charge in [-0.1, -0.05) is 13.0 Å². The molecule has 24 heavy (non-hydrogen) atoms. The van der Waals surface area contributed by atoms with Crippen LogP contribution in [0.1, 0.15) is 34.4 Å². The Kier molecular flexibility index (Phi) is 4.76. The lowest BCUT2D eigenvalue weighted by Gasteiger charge is -2.19. The summed E-state index contributed by atoms with van der Waals surface area (Å²) in [5.74, 6) is 2.14. The van der Waals surface area contributed by atoms with Crippen molar-refractivity contribution in [2.45, 2.75) is 26.9 Å². The molecule has 0 spiro atoms. The van der Waals surface area contributed by atoms with Crippen molar-refractivity contribution in [2.24, 2.45) is 0 Å². The number of fused-ring (bicyclic) bond motifs is 1. The highest BCUT2D eigenvalue weighted by atomic mass is 16.7. The molecular weight excluding hydrogens is 310 g/mol. The van der Waals surface area contributed by atoms with Gasteiger partial charge >= 0.3 is 5.97 Å². The molecule has 2 aromatic rings. The highest BCUT2D eigenvalue weighted by molar-refractivity contribution is 5.87. The number of hydrogen-bond acceptors (Lipinski definition) is 6. The number of ether oxygens (including phenoxy) is 3. The molecule has 1 aromatic heterocycles. The van der Waals surface area contributed by atoms with Gasteiger partial charge in [0.15, 0.2) is 11.5 Å². The zero-order valence-corrected chi connectivity index (χ0v) is 14.1. The van der Waals surface area contributed by atoms with E-state index in [1.54, 1.807) is 0 Å². The summed E-state index contributed by atoms with van der Waals surface area (Å²) in [6, 6.07) is 7.84. The maximum absolute atomic E-state index is 11.6. The fourth-order valence-corrected chi connectivity index (χ4v) is 2.72. The molecule has 1 aromatic carbocycles. The van der Waals surface area contributed by atoms with Crippen molar-refractivity contribution in [2.75, 3.05) is 20.4 Å². The first-order valence-electron chi connectivity index (χ1n) is 7.89. The van der Waals surface area contributed by atoms with Gasteiger partial charge in [0, 0.05) is 12.1 Å². The highest BCUT2D eigenvalue weighted by Crippen LogP contribution is 2.33. The van der Waals surface area contributed by atoms with Gasteiger partial charge in [-0.05, 0) is 37.2 Å². The van der Waals surface area contributed by atoms with E-state index >= 15 is 0 Å². The van der Waals surface area contributed by atoms with Crippen molar-refractivity contribution < 1.29 is 23.4 Å². The van der Waals surface area contributed by atoms with Crippen LogP contribution in [-0.4, -0.2) is 31.3 Å².